The van der Waals surface area contributed by atoms with Crippen LogP contribution in [0.1, 0.15) is 13.3 Å². The molecule has 10 heteroatoms. The molecule has 8 nitrogen and oxygen atoms in total. The van der Waals surface area contributed by atoms with Gasteiger partial charge in [-0.25, -0.2) is 12.8 Å². The van der Waals surface area contributed by atoms with Crippen molar-refractivity contribution in [1.82, 2.24) is 4.31 Å². The van der Waals surface area contributed by atoms with Gasteiger partial charge in [-0.3, -0.25) is 16.0 Å². The number of benzene rings is 1. The summed E-state index contributed by atoms with van der Waals surface area (Å²) in [5, 5.41) is 10.7. The smallest absolute Gasteiger partial charge is 0.274 e. The van der Waals surface area contributed by atoms with Gasteiger partial charge in [0.2, 0.25) is 10.0 Å². The molecular weight excluding hydrogens is 303 g/mol. The summed E-state index contributed by atoms with van der Waals surface area (Å²) >= 11 is 0. The number of nitrogens with zero attached hydrogens (tertiary/aromatic N) is 2. The van der Waals surface area contributed by atoms with Crippen LogP contribution < -0.4 is 11.3 Å². The highest BCUT2D eigenvalue weighted by Crippen LogP contribution is 2.33. The largest absolute Gasteiger partial charge is 0.323 e. The van der Waals surface area contributed by atoms with E-state index < -0.39 is 31.3 Å². The Morgan fingerprint density at radius 1 is 1.52 bits per heavy atom. The Bertz CT molecular complexity index is 679. The van der Waals surface area contributed by atoms with Crippen LogP contribution in [0.2, 0.25) is 0 Å². The van der Waals surface area contributed by atoms with Gasteiger partial charge in [-0.05, 0) is 12.3 Å². The lowest BCUT2D eigenvalue weighted by molar-refractivity contribution is -0.385. The van der Waals surface area contributed by atoms with Crippen LogP contribution in [0, 0.1) is 21.8 Å². The number of rotatable bonds is 4. The number of nitro groups is 1. The van der Waals surface area contributed by atoms with Crippen LogP contribution in [0.5, 0.6) is 0 Å². The molecule has 1 unspecified atom stereocenters. The molecule has 0 bridgehead atoms. The molecule has 21 heavy (non-hydrogen) atoms. The molecule has 2 rings (SSSR count). The first-order valence-corrected chi connectivity index (χ1v) is 7.66. The number of nitrogen functional groups attached to an aromatic ring is 1. The number of nitrogens with one attached hydrogen (secondary N) is 1. The van der Waals surface area contributed by atoms with E-state index >= 15 is 0 Å². The molecule has 1 aliphatic rings. The molecule has 1 aliphatic heterocycles. The quantitative estimate of drug-likeness (QED) is 0.486. The van der Waals surface area contributed by atoms with E-state index in [1.807, 2.05) is 12.3 Å². The first kappa shape index (κ1) is 15.6. The van der Waals surface area contributed by atoms with Crippen LogP contribution in [0.25, 0.3) is 0 Å². The number of hydrazine groups is 1. The van der Waals surface area contributed by atoms with E-state index in [0.29, 0.717) is 12.5 Å². The van der Waals surface area contributed by atoms with E-state index in [4.69, 9.17) is 5.84 Å². The van der Waals surface area contributed by atoms with E-state index in [1.165, 1.54) is 0 Å². The Morgan fingerprint density at radius 3 is 2.67 bits per heavy atom. The Balaban J connectivity index is 2.55. The van der Waals surface area contributed by atoms with Gasteiger partial charge in [0.25, 0.3) is 5.69 Å². The summed E-state index contributed by atoms with van der Waals surface area (Å²) in [6.07, 6.45) is 0.680. The van der Waals surface area contributed by atoms with Gasteiger partial charge in [-0.1, -0.05) is 6.92 Å². The summed E-state index contributed by atoms with van der Waals surface area (Å²) < 4.78 is 40.2. The number of hydrogen-bond acceptors (Lipinski definition) is 6. The lowest BCUT2D eigenvalue weighted by Gasteiger charge is -2.18. The third-order valence-electron chi connectivity index (χ3n) is 3.38. The predicted molar refractivity (Wildman–Crippen MR) is 73.4 cm³/mol. The topological polar surface area (TPSA) is 119 Å². The first-order chi connectivity index (χ1) is 9.77. The average Bonchev–Trinajstić information content (AvgIpc) is 2.84. The zero-order valence-corrected chi connectivity index (χ0v) is 12.1. The van der Waals surface area contributed by atoms with Crippen LogP contribution in [0.4, 0.5) is 15.8 Å². The highest BCUT2D eigenvalue weighted by Gasteiger charge is 2.35. The van der Waals surface area contributed by atoms with Crippen molar-refractivity contribution < 1.29 is 17.7 Å². The average molecular weight is 318 g/mol. The van der Waals surface area contributed by atoms with E-state index in [9.17, 15) is 22.9 Å². The van der Waals surface area contributed by atoms with E-state index in [2.05, 4.69) is 0 Å². The van der Waals surface area contributed by atoms with Crippen LogP contribution in [-0.2, 0) is 10.0 Å². The van der Waals surface area contributed by atoms with Gasteiger partial charge >= 0.3 is 0 Å². The summed E-state index contributed by atoms with van der Waals surface area (Å²) in [7, 11) is -4.09. The molecular formula is C11H15FN4O4S. The van der Waals surface area contributed by atoms with Gasteiger partial charge < -0.3 is 5.43 Å². The number of hydrogen-bond donors (Lipinski definition) is 2. The van der Waals surface area contributed by atoms with Gasteiger partial charge in [0.05, 0.1) is 16.7 Å². The van der Waals surface area contributed by atoms with Crippen LogP contribution in [0.15, 0.2) is 17.0 Å². The molecule has 1 heterocycles. The molecule has 0 amide bonds. The third kappa shape index (κ3) is 2.82. The summed E-state index contributed by atoms with van der Waals surface area (Å²) in [4.78, 5) is 9.21. The van der Waals surface area contributed by atoms with Crippen molar-refractivity contribution in [3.63, 3.8) is 0 Å². The molecule has 1 aromatic carbocycles. The minimum atomic E-state index is -4.09. The molecule has 0 spiro atoms. The van der Waals surface area contributed by atoms with Crippen molar-refractivity contribution >= 4 is 21.4 Å². The summed E-state index contributed by atoms with van der Waals surface area (Å²) in [6, 6.07) is 1.47. The van der Waals surface area contributed by atoms with Crippen molar-refractivity contribution in [3.05, 3.63) is 28.1 Å². The van der Waals surface area contributed by atoms with Crippen molar-refractivity contribution in [3.8, 4) is 0 Å². The molecule has 1 saturated heterocycles. The Morgan fingerprint density at radius 2 is 2.19 bits per heavy atom. The number of sulfonamides is 1. The van der Waals surface area contributed by atoms with Gasteiger partial charge in [-0.2, -0.15) is 4.31 Å². The monoisotopic (exact) mass is 318 g/mol. The minimum Gasteiger partial charge on any atom is -0.323 e. The molecule has 0 radical (unpaired) electrons. The SMILES string of the molecule is CC1CCN(S(=O)(=O)c2c(F)cc([N+](=O)[O-])cc2NN)C1. The van der Waals surface area contributed by atoms with Gasteiger partial charge in [0.1, 0.15) is 4.90 Å². The number of nitrogens with two attached hydrogens (primary N) is 1. The second-order valence-electron chi connectivity index (χ2n) is 4.96. The Hall–Kier alpha value is -1.78. The summed E-state index contributed by atoms with van der Waals surface area (Å²) in [6.45, 7) is 2.45. The fraction of sp³-hybridized carbons (Fsp3) is 0.455. The van der Waals surface area contributed by atoms with Gasteiger partial charge in [0, 0.05) is 19.2 Å². The van der Waals surface area contributed by atoms with Gasteiger partial charge in [-0.15, -0.1) is 0 Å². The summed E-state index contributed by atoms with van der Waals surface area (Å²) in [5.41, 5.74) is 1.12. The zero-order chi connectivity index (χ0) is 15.8. The Kier molecular flexibility index (Phi) is 4.12. The van der Waals surface area contributed by atoms with Crippen LogP contribution in [-0.4, -0.2) is 30.7 Å². The molecule has 116 valence electrons. The maximum atomic E-state index is 14.1. The molecule has 1 fully saturated rings. The zero-order valence-electron chi connectivity index (χ0n) is 11.2. The first-order valence-electron chi connectivity index (χ1n) is 6.22. The predicted octanol–water partition coefficient (Wildman–Crippen LogP) is 1.05. The maximum Gasteiger partial charge on any atom is 0.274 e. The number of halogens is 1. The standard InChI is InChI=1S/C11H15FN4O4S/c1-7-2-3-15(6-7)21(19,20)11-9(12)4-8(16(17)18)5-10(11)14-13/h4-5,7,14H,2-3,6,13H2,1H3. The number of anilines is 1. The fourth-order valence-electron chi connectivity index (χ4n) is 2.30. The number of nitro benzene ring substituents is 1. The Labute approximate surface area is 120 Å². The van der Waals surface area contributed by atoms with Crippen LogP contribution >= 0.6 is 0 Å². The highest BCUT2D eigenvalue weighted by atomic mass is 32.2. The van der Waals surface area contributed by atoms with Crippen LogP contribution in [0.3, 0.4) is 0 Å². The second-order valence-corrected chi connectivity index (χ2v) is 6.84. The van der Waals surface area contributed by atoms with Crippen molar-refractivity contribution in [2.24, 2.45) is 11.8 Å². The fourth-order valence-corrected chi connectivity index (χ4v) is 4.05. The van der Waals surface area contributed by atoms with E-state index in [1.54, 1.807) is 0 Å². The lowest BCUT2D eigenvalue weighted by Crippen LogP contribution is -2.30. The highest BCUT2D eigenvalue weighted by molar-refractivity contribution is 7.89. The second kappa shape index (κ2) is 5.54. The normalized spacial score (nSPS) is 19.7. The van der Waals surface area contributed by atoms with E-state index in [-0.39, 0.29) is 24.7 Å². The minimum absolute atomic E-state index is 0.176. The maximum absolute atomic E-state index is 14.1. The summed E-state index contributed by atoms with van der Waals surface area (Å²) in [5.74, 6) is 4.17. The molecule has 0 aromatic heterocycles. The van der Waals surface area contributed by atoms with E-state index in [0.717, 1.165) is 10.4 Å². The van der Waals surface area contributed by atoms with Crippen molar-refractivity contribution in [2.75, 3.05) is 18.5 Å². The molecule has 1 aromatic rings. The van der Waals surface area contributed by atoms with Gasteiger partial charge in [0.15, 0.2) is 5.82 Å². The lowest BCUT2D eigenvalue weighted by atomic mass is 10.2. The third-order valence-corrected chi connectivity index (χ3v) is 5.32. The van der Waals surface area contributed by atoms with Crippen molar-refractivity contribution in [1.29, 1.82) is 0 Å². The van der Waals surface area contributed by atoms with Crippen molar-refractivity contribution in [2.45, 2.75) is 18.2 Å². The molecule has 1 atom stereocenters. The number of non-ortho nitro benzene ring substituents is 1. The molecule has 0 aliphatic carbocycles. The molecule has 3 N–H and O–H groups in total. The molecule has 0 saturated carbocycles.